The highest BCUT2D eigenvalue weighted by Crippen LogP contribution is 2.25. The summed E-state index contributed by atoms with van der Waals surface area (Å²) in [4.78, 5) is 14.2. The third kappa shape index (κ3) is 5.07. The second kappa shape index (κ2) is 8.09. The lowest BCUT2D eigenvalue weighted by Crippen LogP contribution is -2.49. The first-order valence-electron chi connectivity index (χ1n) is 9.29. The minimum Gasteiger partial charge on any atom is -0.491 e. The summed E-state index contributed by atoms with van der Waals surface area (Å²) in [5.74, 6) is 0.366. The van der Waals surface area contributed by atoms with Crippen LogP contribution in [0, 0.1) is 19.7 Å². The van der Waals surface area contributed by atoms with Crippen molar-refractivity contribution in [2.45, 2.75) is 38.7 Å². The summed E-state index contributed by atoms with van der Waals surface area (Å²) < 4.78 is 19.1. The molecule has 1 saturated heterocycles. The van der Waals surface area contributed by atoms with Gasteiger partial charge in [0.1, 0.15) is 23.8 Å². The standard InChI is InChI=1S/C22H26FNO3/c1-16-6-7-20(12-17(16)2)27-15-22(26)8-10-24(11-9-22)21(25)14-18-4-3-5-19(23)13-18/h3-7,12-13,26H,8-11,14-15H2,1-2H3. The molecule has 27 heavy (non-hydrogen) atoms. The number of aliphatic hydroxyl groups is 1. The zero-order chi connectivity index (χ0) is 19.4. The van der Waals surface area contributed by atoms with Crippen molar-refractivity contribution in [3.05, 3.63) is 65.0 Å². The van der Waals surface area contributed by atoms with Gasteiger partial charge in [-0.25, -0.2) is 4.39 Å². The van der Waals surface area contributed by atoms with E-state index in [4.69, 9.17) is 4.74 Å². The first-order valence-corrected chi connectivity index (χ1v) is 9.29. The van der Waals surface area contributed by atoms with E-state index in [1.54, 1.807) is 17.0 Å². The number of halogens is 1. The number of piperidine rings is 1. The fraction of sp³-hybridized carbons (Fsp3) is 0.409. The van der Waals surface area contributed by atoms with Crippen molar-refractivity contribution in [2.24, 2.45) is 0 Å². The number of carbonyl (C=O) groups is 1. The van der Waals surface area contributed by atoms with Crippen molar-refractivity contribution in [3.8, 4) is 5.75 Å². The molecule has 2 aromatic rings. The zero-order valence-electron chi connectivity index (χ0n) is 15.9. The Bertz CT molecular complexity index is 813. The molecule has 0 radical (unpaired) electrons. The number of benzene rings is 2. The minimum atomic E-state index is -0.936. The van der Waals surface area contributed by atoms with Crippen LogP contribution in [0.3, 0.4) is 0 Å². The minimum absolute atomic E-state index is 0.0438. The molecule has 0 spiro atoms. The molecule has 0 aromatic heterocycles. The van der Waals surface area contributed by atoms with Crippen molar-refractivity contribution >= 4 is 5.91 Å². The van der Waals surface area contributed by atoms with Gasteiger partial charge < -0.3 is 14.7 Å². The molecule has 5 heteroatoms. The van der Waals surface area contributed by atoms with Crippen molar-refractivity contribution in [2.75, 3.05) is 19.7 Å². The SMILES string of the molecule is Cc1ccc(OCC2(O)CCN(C(=O)Cc3cccc(F)c3)CC2)cc1C. The predicted octanol–water partition coefficient (Wildman–Crippen LogP) is 3.42. The first-order chi connectivity index (χ1) is 12.8. The summed E-state index contributed by atoms with van der Waals surface area (Å²) >= 11 is 0. The van der Waals surface area contributed by atoms with Crippen molar-refractivity contribution in [1.82, 2.24) is 4.90 Å². The number of ether oxygens (including phenoxy) is 1. The second-order valence-corrected chi connectivity index (χ2v) is 7.45. The Hall–Kier alpha value is -2.40. The molecule has 0 saturated carbocycles. The molecule has 1 fully saturated rings. The summed E-state index contributed by atoms with van der Waals surface area (Å²) in [5.41, 5.74) is 2.08. The lowest BCUT2D eigenvalue weighted by atomic mass is 9.92. The number of aryl methyl sites for hydroxylation is 2. The topological polar surface area (TPSA) is 49.8 Å². The van der Waals surface area contributed by atoms with Gasteiger partial charge in [0, 0.05) is 13.1 Å². The fourth-order valence-corrected chi connectivity index (χ4v) is 3.27. The van der Waals surface area contributed by atoms with Crippen molar-refractivity contribution in [1.29, 1.82) is 0 Å². The molecule has 0 bridgehead atoms. The normalized spacial score (nSPS) is 16.2. The van der Waals surface area contributed by atoms with Crippen LogP contribution >= 0.6 is 0 Å². The predicted molar refractivity (Wildman–Crippen MR) is 102 cm³/mol. The molecular weight excluding hydrogens is 345 g/mol. The van der Waals surface area contributed by atoms with E-state index in [-0.39, 0.29) is 24.8 Å². The second-order valence-electron chi connectivity index (χ2n) is 7.45. The molecule has 1 aliphatic rings. The van der Waals surface area contributed by atoms with Crippen LogP contribution < -0.4 is 4.74 Å². The van der Waals surface area contributed by atoms with E-state index >= 15 is 0 Å². The Morgan fingerprint density at radius 1 is 1.15 bits per heavy atom. The van der Waals surface area contributed by atoms with Gasteiger partial charge in [-0.05, 0) is 67.6 Å². The van der Waals surface area contributed by atoms with E-state index in [1.807, 2.05) is 32.0 Å². The highest BCUT2D eigenvalue weighted by atomic mass is 19.1. The molecule has 1 amide bonds. The number of nitrogens with zero attached hydrogens (tertiary/aromatic N) is 1. The van der Waals surface area contributed by atoms with Gasteiger partial charge in [0.2, 0.25) is 5.91 Å². The fourth-order valence-electron chi connectivity index (χ4n) is 3.27. The summed E-state index contributed by atoms with van der Waals surface area (Å²) in [6.07, 6.45) is 1.11. The molecule has 0 unspecified atom stereocenters. The molecule has 144 valence electrons. The number of likely N-dealkylation sites (tertiary alicyclic amines) is 1. The van der Waals surface area contributed by atoms with E-state index in [9.17, 15) is 14.3 Å². The summed E-state index contributed by atoms with van der Waals surface area (Å²) in [5, 5.41) is 10.8. The van der Waals surface area contributed by atoms with E-state index in [0.717, 1.165) is 11.3 Å². The molecule has 1 N–H and O–H groups in total. The maximum absolute atomic E-state index is 13.3. The number of hydrogen-bond acceptors (Lipinski definition) is 3. The lowest BCUT2D eigenvalue weighted by Gasteiger charge is -2.38. The molecular formula is C22H26FNO3. The van der Waals surface area contributed by atoms with Crippen LogP contribution in [-0.2, 0) is 11.2 Å². The lowest BCUT2D eigenvalue weighted by molar-refractivity contribution is -0.135. The summed E-state index contributed by atoms with van der Waals surface area (Å²) in [6.45, 7) is 5.23. The maximum Gasteiger partial charge on any atom is 0.226 e. The van der Waals surface area contributed by atoms with Crippen LogP contribution in [0.2, 0.25) is 0 Å². The molecule has 0 atom stereocenters. The van der Waals surface area contributed by atoms with Crippen molar-refractivity contribution < 1.29 is 19.0 Å². The Labute approximate surface area is 159 Å². The van der Waals surface area contributed by atoms with Gasteiger partial charge >= 0.3 is 0 Å². The Kier molecular flexibility index (Phi) is 5.80. The van der Waals surface area contributed by atoms with Gasteiger partial charge in [-0.3, -0.25) is 4.79 Å². The molecule has 1 heterocycles. The monoisotopic (exact) mass is 371 g/mol. The van der Waals surface area contributed by atoms with E-state index < -0.39 is 5.60 Å². The quantitative estimate of drug-likeness (QED) is 0.876. The Balaban J connectivity index is 1.51. The number of carbonyl (C=O) groups excluding carboxylic acids is 1. The molecule has 4 nitrogen and oxygen atoms in total. The van der Waals surface area contributed by atoms with Gasteiger partial charge in [0.25, 0.3) is 0 Å². The smallest absolute Gasteiger partial charge is 0.226 e. The average molecular weight is 371 g/mol. The summed E-state index contributed by atoms with van der Waals surface area (Å²) in [7, 11) is 0. The van der Waals surface area contributed by atoms with Crippen LogP contribution in [0.25, 0.3) is 0 Å². The van der Waals surface area contributed by atoms with Crippen LogP contribution in [0.1, 0.15) is 29.5 Å². The zero-order valence-corrected chi connectivity index (χ0v) is 15.9. The highest BCUT2D eigenvalue weighted by molar-refractivity contribution is 5.78. The molecule has 1 aliphatic heterocycles. The molecule has 2 aromatic carbocycles. The van der Waals surface area contributed by atoms with Crippen molar-refractivity contribution in [3.63, 3.8) is 0 Å². The number of amides is 1. The van der Waals surface area contributed by atoms with Gasteiger partial charge in [0.15, 0.2) is 0 Å². The largest absolute Gasteiger partial charge is 0.491 e. The number of rotatable bonds is 5. The van der Waals surface area contributed by atoms with E-state index in [1.165, 1.54) is 17.7 Å². The number of hydrogen-bond donors (Lipinski definition) is 1. The Morgan fingerprint density at radius 2 is 1.89 bits per heavy atom. The van der Waals surface area contributed by atoms with Gasteiger partial charge in [-0.2, -0.15) is 0 Å². The van der Waals surface area contributed by atoms with E-state index in [2.05, 4.69) is 0 Å². The third-order valence-electron chi connectivity index (χ3n) is 5.28. The Morgan fingerprint density at radius 3 is 2.56 bits per heavy atom. The van der Waals surface area contributed by atoms with Crippen LogP contribution in [0.5, 0.6) is 5.75 Å². The average Bonchev–Trinajstić information content (AvgIpc) is 2.63. The van der Waals surface area contributed by atoms with Gasteiger partial charge in [0.05, 0.1) is 6.42 Å². The van der Waals surface area contributed by atoms with Crippen LogP contribution in [0.15, 0.2) is 42.5 Å². The van der Waals surface area contributed by atoms with Gasteiger partial charge in [-0.1, -0.05) is 18.2 Å². The first kappa shape index (κ1) is 19.4. The molecule has 0 aliphatic carbocycles. The van der Waals surface area contributed by atoms with E-state index in [0.29, 0.717) is 31.5 Å². The van der Waals surface area contributed by atoms with Gasteiger partial charge in [-0.15, -0.1) is 0 Å². The van der Waals surface area contributed by atoms with Crippen LogP contribution in [-0.4, -0.2) is 41.2 Å². The highest BCUT2D eigenvalue weighted by Gasteiger charge is 2.34. The maximum atomic E-state index is 13.3. The third-order valence-corrected chi connectivity index (χ3v) is 5.28. The summed E-state index contributed by atoms with van der Waals surface area (Å²) in [6, 6.07) is 12.0. The van der Waals surface area contributed by atoms with Crippen LogP contribution in [0.4, 0.5) is 4.39 Å². The molecule has 3 rings (SSSR count).